The number of aliphatic carboxylic acids is 1. The number of rotatable bonds is 7. The minimum atomic E-state index is -1.02. The Morgan fingerprint density at radius 2 is 2.04 bits per heavy atom. The van der Waals surface area contributed by atoms with Crippen LogP contribution < -0.4 is 15.5 Å². The summed E-state index contributed by atoms with van der Waals surface area (Å²) in [5.74, 6) is -0.434. The largest absolute Gasteiger partial charge is 0.480 e. The maximum atomic E-state index is 10.9. The van der Waals surface area contributed by atoms with Crippen LogP contribution in [0.1, 0.15) is 11.1 Å². The lowest BCUT2D eigenvalue weighted by atomic mass is 10.0. The summed E-state index contributed by atoms with van der Waals surface area (Å²) < 4.78 is 0. The Kier molecular flexibility index (Phi) is 6.29. The number of nitrogens with one attached hydrogen (secondary N) is 1. The van der Waals surface area contributed by atoms with E-state index in [2.05, 4.69) is 4.89 Å². The van der Waals surface area contributed by atoms with Gasteiger partial charge in [-0.05, 0) is 72.8 Å². The lowest BCUT2D eigenvalue weighted by Crippen LogP contribution is -2.32. The molecule has 0 fully saturated rings. The Bertz CT molecular complexity index is 680. The molecule has 1 unspecified atom stereocenters. The van der Waals surface area contributed by atoms with Gasteiger partial charge >= 0.3 is 5.97 Å². The molecule has 0 saturated heterocycles. The van der Waals surface area contributed by atoms with E-state index >= 15 is 0 Å². The second-order valence-electron chi connectivity index (χ2n) is 4.98. The van der Waals surface area contributed by atoms with Crippen molar-refractivity contribution >= 4 is 29.5 Å². The average Bonchev–Trinajstić information content (AvgIpc) is 2.52. The molecule has 0 radical (unpaired) electrons. The summed E-state index contributed by atoms with van der Waals surface area (Å²) in [5, 5.41) is 9.58. The van der Waals surface area contributed by atoms with Crippen LogP contribution in [0.2, 0.25) is 5.02 Å². The monoisotopic (exact) mass is 352 g/mol. The molecule has 5 nitrogen and oxygen atoms in total. The molecule has 0 aliphatic carbocycles. The van der Waals surface area contributed by atoms with Gasteiger partial charge in [-0.15, -0.1) is 0 Å². The molecule has 122 valence electrons. The van der Waals surface area contributed by atoms with Crippen LogP contribution >= 0.6 is 23.5 Å². The molecule has 0 saturated carbocycles. The normalized spacial score (nSPS) is 12.0. The van der Waals surface area contributed by atoms with Crippen LogP contribution in [0.4, 0.5) is 0 Å². The van der Waals surface area contributed by atoms with Crippen molar-refractivity contribution in [2.75, 3.05) is 0 Å². The zero-order valence-corrected chi connectivity index (χ0v) is 14.0. The number of benzene rings is 2. The van der Waals surface area contributed by atoms with Gasteiger partial charge in [0.1, 0.15) is 11.8 Å². The van der Waals surface area contributed by atoms with E-state index in [4.69, 9.17) is 27.3 Å². The maximum absolute atomic E-state index is 10.9. The second-order valence-corrected chi connectivity index (χ2v) is 6.26. The Morgan fingerprint density at radius 1 is 1.35 bits per heavy atom. The molecule has 0 aliphatic rings. The van der Waals surface area contributed by atoms with Crippen molar-refractivity contribution in [2.45, 2.75) is 24.3 Å². The van der Waals surface area contributed by atoms with Crippen LogP contribution in [0.3, 0.4) is 0 Å². The molecule has 4 N–H and O–H groups in total. The molecule has 0 spiro atoms. The molecule has 2 rings (SSSR count). The highest BCUT2D eigenvalue weighted by atomic mass is 35.5. The fourth-order valence-corrected chi connectivity index (χ4v) is 2.51. The molecule has 0 aliphatic heterocycles. The molecule has 1 atom stereocenters. The van der Waals surface area contributed by atoms with Gasteiger partial charge < -0.3 is 15.7 Å². The molecule has 0 heterocycles. The lowest BCUT2D eigenvalue weighted by molar-refractivity contribution is -0.138. The van der Waals surface area contributed by atoms with Crippen molar-refractivity contribution < 1.29 is 14.7 Å². The van der Waals surface area contributed by atoms with E-state index in [0.717, 1.165) is 16.0 Å². The van der Waals surface area contributed by atoms with Gasteiger partial charge in [-0.2, -0.15) is 0 Å². The van der Waals surface area contributed by atoms with Crippen LogP contribution in [0.25, 0.3) is 0 Å². The summed E-state index contributed by atoms with van der Waals surface area (Å²) in [5.41, 5.74) is 7.40. The summed E-state index contributed by atoms with van der Waals surface area (Å²) >= 11 is 7.13. The van der Waals surface area contributed by atoms with Gasteiger partial charge in [0.05, 0.1) is 0 Å². The van der Waals surface area contributed by atoms with Crippen molar-refractivity contribution in [1.29, 1.82) is 0 Å². The molecule has 23 heavy (non-hydrogen) atoms. The lowest BCUT2D eigenvalue weighted by Gasteiger charge is -2.12. The van der Waals surface area contributed by atoms with Gasteiger partial charge in [0, 0.05) is 9.92 Å². The highest BCUT2D eigenvalue weighted by molar-refractivity contribution is 7.97. The van der Waals surface area contributed by atoms with E-state index < -0.39 is 12.0 Å². The number of nitrogens with two attached hydrogens (primary N) is 1. The highest BCUT2D eigenvalue weighted by Crippen LogP contribution is 2.21. The predicted molar refractivity (Wildman–Crippen MR) is 91.6 cm³/mol. The summed E-state index contributed by atoms with van der Waals surface area (Å²) in [4.78, 5) is 20.1. The van der Waals surface area contributed by atoms with E-state index in [-0.39, 0.29) is 6.42 Å². The molecular formula is C16H17ClN2O3S. The fraction of sp³-hybridized carbons (Fsp3) is 0.188. The number of hydrogen-bond acceptors (Lipinski definition) is 5. The van der Waals surface area contributed by atoms with Crippen LogP contribution in [-0.2, 0) is 11.2 Å². The van der Waals surface area contributed by atoms with Crippen LogP contribution in [-0.4, -0.2) is 17.1 Å². The number of carboxylic acids is 1. The van der Waals surface area contributed by atoms with Gasteiger partial charge in [0.15, 0.2) is 0 Å². The van der Waals surface area contributed by atoms with Crippen molar-refractivity contribution in [3.05, 3.63) is 58.6 Å². The van der Waals surface area contributed by atoms with Crippen molar-refractivity contribution in [2.24, 2.45) is 5.73 Å². The first-order chi connectivity index (χ1) is 11.0. The second kappa shape index (κ2) is 8.21. The summed E-state index contributed by atoms with van der Waals surface area (Å²) in [6, 6.07) is 11.9. The molecule has 0 bridgehead atoms. The van der Waals surface area contributed by atoms with E-state index in [9.17, 15) is 4.79 Å². The zero-order chi connectivity index (χ0) is 16.8. The SMILES string of the molecule is Cc1ccc(ONSc2ccc(Cl)cc2)cc1CC(N)C(=O)O. The van der Waals surface area contributed by atoms with E-state index in [1.54, 1.807) is 24.3 Å². The van der Waals surface area contributed by atoms with Gasteiger partial charge in [0.25, 0.3) is 0 Å². The molecular weight excluding hydrogens is 336 g/mol. The van der Waals surface area contributed by atoms with E-state index in [0.29, 0.717) is 10.8 Å². The Labute approximate surface area is 143 Å². The quantitative estimate of drug-likeness (QED) is 0.524. The molecule has 2 aromatic carbocycles. The molecule has 0 amide bonds. The van der Waals surface area contributed by atoms with Crippen molar-refractivity contribution in [3.8, 4) is 5.75 Å². The van der Waals surface area contributed by atoms with Crippen LogP contribution in [0.15, 0.2) is 47.4 Å². The summed E-state index contributed by atoms with van der Waals surface area (Å²) in [6.45, 7) is 1.91. The minimum absolute atomic E-state index is 0.253. The van der Waals surface area contributed by atoms with Crippen LogP contribution in [0.5, 0.6) is 5.75 Å². The summed E-state index contributed by atoms with van der Waals surface area (Å²) in [6.07, 6.45) is 0.253. The van der Waals surface area contributed by atoms with Crippen molar-refractivity contribution in [1.82, 2.24) is 4.89 Å². The third kappa shape index (κ3) is 5.44. The third-order valence-corrected chi connectivity index (χ3v) is 4.14. The number of carbonyl (C=O) groups is 1. The smallest absolute Gasteiger partial charge is 0.320 e. The van der Waals surface area contributed by atoms with Crippen molar-refractivity contribution in [3.63, 3.8) is 0 Å². The van der Waals surface area contributed by atoms with Gasteiger partial charge in [0.2, 0.25) is 0 Å². The molecule has 7 heteroatoms. The standard InChI is InChI=1S/C16H17ClN2O3S/c1-10-2-5-13(8-11(10)9-15(18)16(20)21)22-19-23-14-6-3-12(17)4-7-14/h2-8,15,19H,9,18H2,1H3,(H,20,21). The van der Waals surface area contributed by atoms with Crippen LogP contribution in [0, 0.1) is 6.92 Å². The summed E-state index contributed by atoms with van der Waals surface area (Å²) in [7, 11) is 0. The average molecular weight is 353 g/mol. The first-order valence-corrected chi connectivity index (χ1v) is 8.07. The highest BCUT2D eigenvalue weighted by Gasteiger charge is 2.14. The Morgan fingerprint density at radius 3 is 2.70 bits per heavy atom. The Hall–Kier alpha value is -1.73. The zero-order valence-electron chi connectivity index (χ0n) is 12.5. The van der Waals surface area contributed by atoms with E-state index in [1.165, 1.54) is 11.9 Å². The number of carboxylic acid groups (broad SMARTS) is 1. The number of hydrogen-bond donors (Lipinski definition) is 3. The van der Waals surface area contributed by atoms with E-state index in [1.807, 2.05) is 25.1 Å². The predicted octanol–water partition coefficient (Wildman–Crippen LogP) is 3.19. The molecule has 2 aromatic rings. The maximum Gasteiger partial charge on any atom is 0.320 e. The fourth-order valence-electron chi connectivity index (χ4n) is 1.88. The molecule has 0 aromatic heterocycles. The Balaban J connectivity index is 1.95. The number of halogens is 1. The first-order valence-electron chi connectivity index (χ1n) is 6.88. The minimum Gasteiger partial charge on any atom is -0.480 e. The topological polar surface area (TPSA) is 84.6 Å². The van der Waals surface area contributed by atoms with Gasteiger partial charge in [-0.25, -0.2) is 0 Å². The third-order valence-electron chi connectivity index (χ3n) is 3.21. The first kappa shape index (κ1) is 17.6. The van der Waals surface area contributed by atoms with Gasteiger partial charge in [-0.1, -0.05) is 22.6 Å². The number of aryl methyl sites for hydroxylation is 1. The van der Waals surface area contributed by atoms with Gasteiger partial charge in [-0.3, -0.25) is 4.79 Å².